The van der Waals surface area contributed by atoms with E-state index < -0.39 is 17.8 Å². The van der Waals surface area contributed by atoms with Crippen LogP contribution in [-0.4, -0.2) is 43.5 Å². The van der Waals surface area contributed by atoms with Crippen molar-refractivity contribution < 1.29 is 23.9 Å². The van der Waals surface area contributed by atoms with Crippen LogP contribution in [0.5, 0.6) is 11.5 Å². The molecule has 22 heavy (non-hydrogen) atoms. The summed E-state index contributed by atoms with van der Waals surface area (Å²) < 4.78 is 10.4. The van der Waals surface area contributed by atoms with E-state index in [-0.39, 0.29) is 18.9 Å². The number of barbiturate groups is 1. The molecule has 1 saturated heterocycles. The van der Waals surface area contributed by atoms with Crippen LogP contribution in [0.25, 0.3) is 0 Å². The third kappa shape index (κ3) is 3.19. The summed E-state index contributed by atoms with van der Waals surface area (Å²) in [5, 5.41) is 2.14. The number of nitrogens with zero attached hydrogens (tertiary/aromatic N) is 1. The number of carbonyl (C=O) groups is 3. The largest absolute Gasteiger partial charge is 0.493 e. The van der Waals surface area contributed by atoms with Crippen LogP contribution in [0.4, 0.5) is 4.79 Å². The van der Waals surface area contributed by atoms with E-state index in [1.54, 1.807) is 26.4 Å². The minimum Gasteiger partial charge on any atom is -0.493 e. The van der Waals surface area contributed by atoms with Crippen LogP contribution >= 0.6 is 0 Å². The van der Waals surface area contributed by atoms with Gasteiger partial charge in [-0.05, 0) is 23.6 Å². The first kappa shape index (κ1) is 15.8. The zero-order chi connectivity index (χ0) is 16.3. The van der Waals surface area contributed by atoms with Gasteiger partial charge in [-0.3, -0.25) is 19.8 Å². The lowest BCUT2D eigenvalue weighted by atomic mass is 9.99. The summed E-state index contributed by atoms with van der Waals surface area (Å²) in [4.78, 5) is 35.7. The predicted molar refractivity (Wildman–Crippen MR) is 77.8 cm³/mol. The van der Waals surface area contributed by atoms with Gasteiger partial charge in [-0.25, -0.2) is 4.79 Å². The number of methoxy groups -OCH3 is 2. The molecule has 7 heteroatoms. The number of rotatable bonds is 5. The molecule has 1 atom stereocenters. The van der Waals surface area contributed by atoms with Gasteiger partial charge in [0.2, 0.25) is 11.8 Å². The second-order valence-electron chi connectivity index (χ2n) is 5.05. The maximum atomic E-state index is 11.8. The molecule has 1 N–H and O–H groups in total. The smallest absolute Gasteiger partial charge is 0.330 e. The minimum atomic E-state index is -0.673. The van der Waals surface area contributed by atoms with E-state index in [4.69, 9.17) is 9.47 Å². The third-order valence-electron chi connectivity index (χ3n) is 3.54. The first-order valence-electron chi connectivity index (χ1n) is 6.82. The molecule has 1 aromatic rings. The van der Waals surface area contributed by atoms with Crippen LogP contribution in [0, 0.1) is 0 Å². The van der Waals surface area contributed by atoms with Crippen LogP contribution in [0.2, 0.25) is 0 Å². The Labute approximate surface area is 128 Å². The van der Waals surface area contributed by atoms with Crippen molar-refractivity contribution in [1.82, 2.24) is 10.2 Å². The van der Waals surface area contributed by atoms with Crippen LogP contribution in [0.15, 0.2) is 18.2 Å². The number of hydrogen-bond acceptors (Lipinski definition) is 5. The van der Waals surface area contributed by atoms with E-state index in [1.807, 2.05) is 13.0 Å². The van der Waals surface area contributed by atoms with E-state index in [0.29, 0.717) is 11.5 Å². The predicted octanol–water partition coefficient (Wildman–Crippen LogP) is 1.28. The molecule has 1 aliphatic rings. The Morgan fingerprint density at radius 1 is 1.18 bits per heavy atom. The van der Waals surface area contributed by atoms with Crippen molar-refractivity contribution in [3.8, 4) is 11.5 Å². The number of hydrogen-bond donors (Lipinski definition) is 1. The molecule has 0 saturated carbocycles. The second kappa shape index (κ2) is 6.46. The van der Waals surface area contributed by atoms with Crippen molar-refractivity contribution in [2.75, 3.05) is 20.8 Å². The Hall–Kier alpha value is -2.57. The molecule has 7 nitrogen and oxygen atoms in total. The highest BCUT2D eigenvalue weighted by Gasteiger charge is 2.31. The van der Waals surface area contributed by atoms with Crippen molar-refractivity contribution >= 4 is 17.8 Å². The van der Waals surface area contributed by atoms with Gasteiger partial charge in [-0.15, -0.1) is 0 Å². The monoisotopic (exact) mass is 306 g/mol. The summed E-state index contributed by atoms with van der Waals surface area (Å²) in [6, 6.07) is 4.75. The maximum Gasteiger partial charge on any atom is 0.330 e. The summed E-state index contributed by atoms with van der Waals surface area (Å²) in [5.41, 5.74) is 0.898. The number of ether oxygens (including phenoxy) is 2. The van der Waals surface area contributed by atoms with Crippen molar-refractivity contribution in [3.05, 3.63) is 23.8 Å². The number of nitrogens with one attached hydrogen (secondary N) is 1. The molecular weight excluding hydrogens is 288 g/mol. The SMILES string of the molecule is COc1ccc(C(C)CN2C(=O)CC(=O)NC2=O)cc1OC. The van der Waals surface area contributed by atoms with Gasteiger partial charge in [0.25, 0.3) is 0 Å². The molecule has 1 aromatic carbocycles. The lowest BCUT2D eigenvalue weighted by molar-refractivity contribution is -0.136. The number of carbonyl (C=O) groups excluding carboxylic acids is 3. The zero-order valence-corrected chi connectivity index (χ0v) is 12.7. The number of urea groups is 1. The van der Waals surface area contributed by atoms with Gasteiger partial charge in [0.15, 0.2) is 11.5 Å². The van der Waals surface area contributed by atoms with Crippen LogP contribution in [-0.2, 0) is 9.59 Å². The molecule has 0 radical (unpaired) electrons. The van der Waals surface area contributed by atoms with E-state index in [0.717, 1.165) is 10.5 Å². The first-order chi connectivity index (χ1) is 10.5. The summed E-state index contributed by atoms with van der Waals surface area (Å²) in [6.07, 6.45) is -0.301. The Kier molecular flexibility index (Phi) is 4.65. The summed E-state index contributed by atoms with van der Waals surface area (Å²) >= 11 is 0. The maximum absolute atomic E-state index is 11.8. The number of imide groups is 2. The van der Waals surface area contributed by atoms with Crippen LogP contribution in [0.3, 0.4) is 0 Å². The topological polar surface area (TPSA) is 84.9 Å². The molecule has 1 fully saturated rings. The second-order valence-corrected chi connectivity index (χ2v) is 5.05. The van der Waals surface area contributed by atoms with E-state index in [9.17, 15) is 14.4 Å². The van der Waals surface area contributed by atoms with Gasteiger partial charge in [-0.2, -0.15) is 0 Å². The highest BCUT2D eigenvalue weighted by atomic mass is 16.5. The molecule has 0 spiro atoms. The summed E-state index contributed by atoms with van der Waals surface area (Å²) in [5.74, 6) is 0.0288. The molecule has 1 heterocycles. The fourth-order valence-corrected chi connectivity index (χ4v) is 2.30. The van der Waals surface area contributed by atoms with Gasteiger partial charge in [-0.1, -0.05) is 13.0 Å². The zero-order valence-electron chi connectivity index (χ0n) is 12.7. The van der Waals surface area contributed by atoms with Gasteiger partial charge in [0.1, 0.15) is 6.42 Å². The van der Waals surface area contributed by atoms with Gasteiger partial charge in [0, 0.05) is 6.54 Å². The molecule has 118 valence electrons. The average molecular weight is 306 g/mol. The summed E-state index contributed by atoms with van der Waals surface area (Å²) in [7, 11) is 3.09. The molecular formula is C15H18N2O5. The lowest BCUT2D eigenvalue weighted by Gasteiger charge is -2.27. The Bertz CT molecular complexity index is 594. The van der Waals surface area contributed by atoms with Gasteiger partial charge >= 0.3 is 6.03 Å². The molecule has 0 bridgehead atoms. The minimum absolute atomic E-state index is 0.109. The molecule has 1 unspecified atom stereocenters. The van der Waals surface area contributed by atoms with Crippen molar-refractivity contribution in [2.24, 2.45) is 0 Å². The average Bonchev–Trinajstić information content (AvgIpc) is 2.49. The van der Waals surface area contributed by atoms with Gasteiger partial charge < -0.3 is 9.47 Å². The van der Waals surface area contributed by atoms with E-state index in [2.05, 4.69) is 5.32 Å². The van der Waals surface area contributed by atoms with E-state index in [1.165, 1.54) is 0 Å². The fraction of sp³-hybridized carbons (Fsp3) is 0.400. The fourth-order valence-electron chi connectivity index (χ4n) is 2.30. The molecule has 0 aromatic heterocycles. The lowest BCUT2D eigenvalue weighted by Crippen LogP contribution is -2.53. The molecule has 4 amide bonds. The van der Waals surface area contributed by atoms with Gasteiger partial charge in [0.05, 0.1) is 14.2 Å². The Morgan fingerprint density at radius 3 is 2.45 bits per heavy atom. The molecule has 2 rings (SSSR count). The van der Waals surface area contributed by atoms with Crippen molar-refractivity contribution in [2.45, 2.75) is 19.3 Å². The molecule has 0 aliphatic carbocycles. The van der Waals surface area contributed by atoms with Crippen LogP contribution < -0.4 is 14.8 Å². The highest BCUT2D eigenvalue weighted by Crippen LogP contribution is 2.31. The number of benzene rings is 1. The number of amides is 4. The summed E-state index contributed by atoms with van der Waals surface area (Å²) in [6.45, 7) is 2.08. The third-order valence-corrected chi connectivity index (χ3v) is 3.54. The Balaban J connectivity index is 2.15. The van der Waals surface area contributed by atoms with Crippen LogP contribution in [0.1, 0.15) is 24.8 Å². The van der Waals surface area contributed by atoms with Crippen molar-refractivity contribution in [1.29, 1.82) is 0 Å². The van der Waals surface area contributed by atoms with E-state index >= 15 is 0 Å². The highest BCUT2D eigenvalue weighted by molar-refractivity contribution is 6.14. The Morgan fingerprint density at radius 2 is 1.86 bits per heavy atom. The standard InChI is InChI=1S/C15H18N2O5/c1-9(8-17-14(19)7-13(18)16-15(17)20)10-4-5-11(21-2)12(6-10)22-3/h4-6,9H,7-8H2,1-3H3,(H,16,18,20). The van der Waals surface area contributed by atoms with Crippen molar-refractivity contribution in [3.63, 3.8) is 0 Å². The molecule has 1 aliphatic heterocycles. The normalized spacial score (nSPS) is 16.3. The first-order valence-corrected chi connectivity index (χ1v) is 6.82. The quantitative estimate of drug-likeness (QED) is 0.828.